The van der Waals surface area contributed by atoms with E-state index in [4.69, 9.17) is 4.74 Å². The van der Waals surface area contributed by atoms with Crippen molar-refractivity contribution >= 4 is 5.78 Å². The maximum atomic E-state index is 11.9. The van der Waals surface area contributed by atoms with Gasteiger partial charge in [-0.25, -0.2) is 0 Å². The van der Waals surface area contributed by atoms with Crippen LogP contribution in [0.3, 0.4) is 0 Å². The number of fused-ring (bicyclic) bond motifs is 1. The highest BCUT2D eigenvalue weighted by Gasteiger charge is 2.26. The number of carbonyl (C=O) groups is 1. The molecule has 0 bridgehead atoms. The minimum atomic E-state index is -0.223. The summed E-state index contributed by atoms with van der Waals surface area (Å²) in [4.78, 5) is 11.9. The van der Waals surface area contributed by atoms with E-state index < -0.39 is 0 Å². The second kappa shape index (κ2) is 4.52. The Kier molecular flexibility index (Phi) is 3.23. The Balaban J connectivity index is 1.97. The number of ketones is 1. The maximum Gasteiger partial charge on any atom is 0.138 e. The smallest absolute Gasteiger partial charge is 0.138 e. The number of hydrogen-bond acceptors (Lipinski definition) is 2. The zero-order chi connectivity index (χ0) is 12.5. The van der Waals surface area contributed by atoms with E-state index in [-0.39, 0.29) is 5.41 Å². The molecule has 1 heterocycles. The number of Topliss-reactive ketones (excluding diaryl/α,β-unsaturated/α-hetero) is 1. The molecule has 92 valence electrons. The number of ether oxygens (including phenoxy) is 1. The second-order valence-corrected chi connectivity index (χ2v) is 5.76. The lowest BCUT2D eigenvalue weighted by molar-refractivity contribution is -0.126. The highest BCUT2D eigenvalue weighted by atomic mass is 16.5. The highest BCUT2D eigenvalue weighted by molar-refractivity contribution is 5.83. The van der Waals surface area contributed by atoms with Crippen LogP contribution in [-0.4, -0.2) is 12.4 Å². The Bertz CT molecular complexity index is 415. The van der Waals surface area contributed by atoms with E-state index in [1.807, 2.05) is 39.0 Å². The summed E-state index contributed by atoms with van der Waals surface area (Å²) in [6, 6.07) is 8.13. The van der Waals surface area contributed by atoms with Crippen molar-refractivity contribution in [2.75, 3.05) is 6.61 Å². The number of carbonyl (C=O) groups excluding carboxylic acids is 1. The van der Waals surface area contributed by atoms with Gasteiger partial charge in [-0.05, 0) is 12.5 Å². The third kappa shape index (κ3) is 2.68. The van der Waals surface area contributed by atoms with Gasteiger partial charge in [-0.15, -0.1) is 0 Å². The van der Waals surface area contributed by atoms with Crippen molar-refractivity contribution in [3.63, 3.8) is 0 Å². The van der Waals surface area contributed by atoms with Crippen LogP contribution in [0, 0.1) is 5.41 Å². The van der Waals surface area contributed by atoms with Gasteiger partial charge < -0.3 is 4.74 Å². The lowest BCUT2D eigenvalue weighted by Gasteiger charge is -2.17. The van der Waals surface area contributed by atoms with Gasteiger partial charge in [-0.1, -0.05) is 39.0 Å². The van der Waals surface area contributed by atoms with Crippen molar-refractivity contribution in [1.29, 1.82) is 0 Å². The molecule has 1 aliphatic rings. The van der Waals surface area contributed by atoms with Crippen molar-refractivity contribution in [1.82, 2.24) is 0 Å². The first-order valence-electron chi connectivity index (χ1n) is 6.23. The normalized spacial score (nSPS) is 18.6. The maximum absolute atomic E-state index is 11.9. The van der Waals surface area contributed by atoms with E-state index >= 15 is 0 Å². The first-order chi connectivity index (χ1) is 7.98. The summed E-state index contributed by atoms with van der Waals surface area (Å²) in [5.74, 6) is 1.71. The Labute approximate surface area is 103 Å². The largest absolute Gasteiger partial charge is 0.493 e. The molecule has 2 rings (SSSR count). The molecule has 1 aliphatic heterocycles. The average Bonchev–Trinajstić information content (AvgIpc) is 2.68. The van der Waals surface area contributed by atoms with Crippen molar-refractivity contribution in [2.45, 2.75) is 39.5 Å². The number of hydrogen-bond donors (Lipinski definition) is 0. The Morgan fingerprint density at radius 2 is 2.06 bits per heavy atom. The van der Waals surface area contributed by atoms with Crippen LogP contribution in [-0.2, 0) is 4.79 Å². The summed E-state index contributed by atoms with van der Waals surface area (Å²) in [6.07, 6.45) is 1.54. The molecule has 2 nitrogen and oxygen atoms in total. The molecule has 1 atom stereocenters. The van der Waals surface area contributed by atoms with E-state index in [9.17, 15) is 4.79 Å². The van der Waals surface area contributed by atoms with Crippen molar-refractivity contribution < 1.29 is 9.53 Å². The SMILES string of the molecule is CC(C)(C)C(=O)CCC1COc2ccccc21. The standard InChI is InChI=1S/C15H20O2/c1-15(2,3)14(16)9-8-11-10-17-13-7-5-4-6-12(11)13/h4-7,11H,8-10H2,1-3H3. The Hall–Kier alpha value is -1.31. The minimum absolute atomic E-state index is 0.223. The second-order valence-electron chi connectivity index (χ2n) is 5.76. The molecule has 0 saturated carbocycles. The van der Waals surface area contributed by atoms with Crippen molar-refractivity contribution in [2.24, 2.45) is 5.41 Å². The predicted molar refractivity (Wildman–Crippen MR) is 68.4 cm³/mol. The zero-order valence-corrected chi connectivity index (χ0v) is 10.8. The van der Waals surface area contributed by atoms with Gasteiger partial charge in [0.25, 0.3) is 0 Å². The van der Waals surface area contributed by atoms with Gasteiger partial charge in [0.1, 0.15) is 11.5 Å². The van der Waals surface area contributed by atoms with Crippen LogP contribution in [0.25, 0.3) is 0 Å². The number of benzene rings is 1. The van der Waals surface area contributed by atoms with Gasteiger partial charge in [-0.2, -0.15) is 0 Å². The fourth-order valence-electron chi connectivity index (χ4n) is 2.15. The quantitative estimate of drug-likeness (QED) is 0.796. The molecular formula is C15H20O2. The molecule has 0 spiro atoms. The summed E-state index contributed by atoms with van der Waals surface area (Å²) in [7, 11) is 0. The van der Waals surface area contributed by atoms with E-state index in [2.05, 4.69) is 6.07 Å². The van der Waals surface area contributed by atoms with Crippen molar-refractivity contribution in [3.8, 4) is 5.75 Å². The first kappa shape index (κ1) is 12.2. The van der Waals surface area contributed by atoms with Crippen LogP contribution >= 0.6 is 0 Å². The van der Waals surface area contributed by atoms with Crippen LogP contribution in [0.5, 0.6) is 5.75 Å². The van der Waals surface area contributed by atoms with Crippen LogP contribution < -0.4 is 4.74 Å². The molecule has 17 heavy (non-hydrogen) atoms. The van der Waals surface area contributed by atoms with Gasteiger partial charge >= 0.3 is 0 Å². The van der Waals surface area contributed by atoms with E-state index in [1.165, 1.54) is 5.56 Å². The number of para-hydroxylation sites is 1. The van der Waals surface area contributed by atoms with E-state index in [0.717, 1.165) is 18.8 Å². The molecule has 0 saturated heterocycles. The molecule has 1 aromatic rings. The summed E-state index contributed by atoms with van der Waals surface area (Å²) in [5.41, 5.74) is 1.04. The lowest BCUT2D eigenvalue weighted by Crippen LogP contribution is -2.20. The minimum Gasteiger partial charge on any atom is -0.493 e. The van der Waals surface area contributed by atoms with E-state index in [0.29, 0.717) is 18.1 Å². The Morgan fingerprint density at radius 3 is 2.76 bits per heavy atom. The lowest BCUT2D eigenvalue weighted by atomic mass is 9.85. The molecule has 2 heteroatoms. The summed E-state index contributed by atoms with van der Waals surface area (Å²) in [6.45, 7) is 6.66. The number of rotatable bonds is 3. The van der Waals surface area contributed by atoms with Gasteiger partial charge in [0.2, 0.25) is 0 Å². The molecule has 0 radical (unpaired) electrons. The zero-order valence-electron chi connectivity index (χ0n) is 10.8. The van der Waals surface area contributed by atoms with Crippen LogP contribution in [0.2, 0.25) is 0 Å². The fraction of sp³-hybridized carbons (Fsp3) is 0.533. The molecule has 1 unspecified atom stereocenters. The average molecular weight is 232 g/mol. The first-order valence-corrected chi connectivity index (χ1v) is 6.23. The molecular weight excluding hydrogens is 212 g/mol. The predicted octanol–water partition coefficient (Wildman–Crippen LogP) is 3.56. The molecule has 0 aliphatic carbocycles. The van der Waals surface area contributed by atoms with Gasteiger partial charge in [0.05, 0.1) is 6.61 Å². The highest BCUT2D eigenvalue weighted by Crippen LogP contribution is 2.36. The topological polar surface area (TPSA) is 26.3 Å². The molecule has 0 aromatic heterocycles. The Morgan fingerprint density at radius 1 is 1.35 bits per heavy atom. The third-order valence-corrected chi connectivity index (χ3v) is 3.36. The monoisotopic (exact) mass is 232 g/mol. The molecule has 1 aromatic carbocycles. The van der Waals surface area contributed by atoms with Crippen LogP contribution in [0.15, 0.2) is 24.3 Å². The van der Waals surface area contributed by atoms with E-state index in [1.54, 1.807) is 0 Å². The van der Waals surface area contributed by atoms with Gasteiger partial charge in [0.15, 0.2) is 0 Å². The fourth-order valence-corrected chi connectivity index (χ4v) is 2.15. The van der Waals surface area contributed by atoms with Crippen LogP contribution in [0.4, 0.5) is 0 Å². The molecule has 0 N–H and O–H groups in total. The summed E-state index contributed by atoms with van der Waals surface area (Å²) < 4.78 is 5.62. The summed E-state index contributed by atoms with van der Waals surface area (Å²) in [5, 5.41) is 0. The summed E-state index contributed by atoms with van der Waals surface area (Å²) >= 11 is 0. The van der Waals surface area contributed by atoms with Gasteiger partial charge in [-0.3, -0.25) is 4.79 Å². The van der Waals surface area contributed by atoms with Gasteiger partial charge in [0, 0.05) is 23.3 Å². The van der Waals surface area contributed by atoms with Crippen molar-refractivity contribution in [3.05, 3.63) is 29.8 Å². The third-order valence-electron chi connectivity index (χ3n) is 3.36. The molecule has 0 amide bonds. The van der Waals surface area contributed by atoms with Crippen LogP contribution in [0.1, 0.15) is 45.1 Å². The molecule has 0 fully saturated rings.